The molecule has 0 saturated heterocycles. The summed E-state index contributed by atoms with van der Waals surface area (Å²) in [6.45, 7) is 3.04. The van der Waals surface area contributed by atoms with Crippen molar-refractivity contribution in [3.05, 3.63) is 0 Å². The summed E-state index contributed by atoms with van der Waals surface area (Å²) in [5, 5.41) is 0. The van der Waals surface area contributed by atoms with Gasteiger partial charge in [0, 0.05) is 6.04 Å². The highest BCUT2D eigenvalue weighted by Crippen LogP contribution is 2.38. The summed E-state index contributed by atoms with van der Waals surface area (Å²) in [5.41, 5.74) is 0. The van der Waals surface area contributed by atoms with Crippen LogP contribution < -0.4 is 24.5 Å². The van der Waals surface area contributed by atoms with Gasteiger partial charge in [-0.1, -0.05) is 0 Å². The first-order valence-electron chi connectivity index (χ1n) is 3.79. The third-order valence-corrected chi connectivity index (χ3v) is 2.88. The van der Waals surface area contributed by atoms with Gasteiger partial charge in [0.2, 0.25) is 0 Å². The molecule has 0 aliphatic heterocycles. The van der Waals surface area contributed by atoms with Crippen LogP contribution in [0.4, 0.5) is 0 Å². The summed E-state index contributed by atoms with van der Waals surface area (Å²) in [5.74, 6) is 0. The van der Waals surface area contributed by atoms with Crippen LogP contribution in [0.2, 0.25) is 0 Å². The molecule has 0 aromatic heterocycles. The van der Waals surface area contributed by atoms with Crippen LogP contribution in [-0.4, -0.2) is 28.4 Å². The van der Waals surface area contributed by atoms with Crippen molar-refractivity contribution in [1.82, 2.24) is 4.90 Å². The van der Waals surface area contributed by atoms with Crippen LogP contribution in [0, 0.1) is 0 Å². The van der Waals surface area contributed by atoms with Crippen LogP contribution >= 0.6 is 15.9 Å². The first-order chi connectivity index (χ1) is 6.01. The van der Waals surface area contributed by atoms with E-state index in [1.54, 1.807) is 0 Å². The predicted molar refractivity (Wildman–Crippen MR) is 42.8 cm³/mol. The van der Waals surface area contributed by atoms with Gasteiger partial charge in [-0.3, -0.25) is 4.89 Å². The molecule has 0 bridgehead atoms. The zero-order valence-electron chi connectivity index (χ0n) is 7.82. The van der Waals surface area contributed by atoms with Crippen LogP contribution in [0.25, 0.3) is 0 Å². The van der Waals surface area contributed by atoms with Crippen molar-refractivity contribution in [3.8, 4) is 0 Å². The zero-order valence-corrected chi connectivity index (χ0v) is 9.61. The average molecular weight is 244 g/mol. The second-order valence-corrected chi connectivity index (χ2v) is 6.28. The molecule has 14 heavy (non-hydrogen) atoms. The highest BCUT2D eigenvalue weighted by molar-refractivity contribution is 7.56. The Kier molecular flexibility index (Phi) is 5.28. The molecular formula is C5H12NO6P2-3. The molecule has 1 N–H and O–H groups in total. The molecule has 0 spiro atoms. The third kappa shape index (κ3) is 7.94. The molecule has 0 unspecified atom stereocenters. The van der Waals surface area contributed by atoms with E-state index in [0.717, 1.165) is 4.90 Å². The van der Waals surface area contributed by atoms with Gasteiger partial charge in [0.05, 0.1) is 14.2 Å². The van der Waals surface area contributed by atoms with E-state index in [1.165, 1.54) is 13.8 Å². The molecule has 0 heterocycles. The van der Waals surface area contributed by atoms with Crippen molar-refractivity contribution in [2.75, 3.05) is 12.6 Å². The molecule has 9 heteroatoms. The van der Waals surface area contributed by atoms with Gasteiger partial charge in [0.25, 0.3) is 0 Å². The molecule has 0 aromatic rings. The molecule has 0 aromatic carbocycles. The Balaban J connectivity index is 4.32. The lowest BCUT2D eigenvalue weighted by atomic mass is 10.4. The summed E-state index contributed by atoms with van der Waals surface area (Å²) in [6, 6.07) is -0.458. The largest absolute Gasteiger partial charge is 0.687 e. The van der Waals surface area contributed by atoms with Gasteiger partial charge < -0.3 is 24.5 Å². The van der Waals surface area contributed by atoms with Crippen LogP contribution in [0.3, 0.4) is 0 Å². The van der Waals surface area contributed by atoms with Gasteiger partial charge in [-0.2, -0.15) is 0 Å². The Morgan fingerprint density at radius 1 is 1.07 bits per heavy atom. The molecule has 7 nitrogen and oxygen atoms in total. The molecule has 0 aliphatic carbocycles. The highest BCUT2D eigenvalue weighted by Gasteiger charge is 2.21. The molecule has 86 valence electrons. The summed E-state index contributed by atoms with van der Waals surface area (Å²) in [4.78, 5) is 61.5. The van der Waals surface area contributed by atoms with Gasteiger partial charge in [-0.15, -0.1) is 7.94 Å². The number of rotatable bonds is 5. The topological polar surface area (TPSA) is 139 Å². The summed E-state index contributed by atoms with van der Waals surface area (Å²) in [7, 11) is -9.39. The fourth-order valence-electron chi connectivity index (χ4n) is 0.823. The minimum Gasteiger partial charge on any atom is -0.687 e. The SMILES string of the molecule is CC(C)N(C[P+]([O-])([O-])[O-])C[P+]([O-])([O-])O. The van der Waals surface area contributed by atoms with Gasteiger partial charge >= 0.3 is 0 Å². The normalized spacial score (nSPS) is 14.1. The summed E-state index contributed by atoms with van der Waals surface area (Å²) >= 11 is 0. The second-order valence-electron chi connectivity index (χ2n) is 3.21. The Morgan fingerprint density at radius 3 is 1.71 bits per heavy atom. The lowest BCUT2D eigenvalue weighted by Gasteiger charge is -2.47. The van der Waals surface area contributed by atoms with E-state index in [0.29, 0.717) is 0 Å². The Labute approximate surface area is 83.4 Å². The molecule has 0 saturated carbocycles. The predicted octanol–water partition coefficient (Wildman–Crippen LogP) is -4.07. The lowest BCUT2D eigenvalue weighted by molar-refractivity contribution is -0.429. The molecular weight excluding hydrogens is 232 g/mol. The Morgan fingerprint density at radius 2 is 1.50 bits per heavy atom. The summed E-state index contributed by atoms with van der Waals surface area (Å²) in [6.07, 6.45) is -1.74. The highest BCUT2D eigenvalue weighted by atomic mass is 31.2. The third-order valence-electron chi connectivity index (χ3n) is 1.45. The molecule has 0 atom stereocenters. The van der Waals surface area contributed by atoms with E-state index in [1.807, 2.05) is 0 Å². The average Bonchev–Trinajstić information content (AvgIpc) is 1.78. The summed E-state index contributed by atoms with van der Waals surface area (Å²) < 4.78 is 0. The van der Waals surface area contributed by atoms with Crippen LogP contribution in [0.1, 0.15) is 13.8 Å². The van der Waals surface area contributed by atoms with E-state index in [4.69, 9.17) is 4.89 Å². The van der Waals surface area contributed by atoms with E-state index in [9.17, 15) is 24.5 Å². The fourth-order valence-corrected chi connectivity index (χ4v) is 2.74. The first-order valence-corrected chi connectivity index (χ1v) is 7.28. The van der Waals surface area contributed by atoms with E-state index < -0.39 is 34.5 Å². The number of hydrogen-bond acceptors (Lipinski definition) is 7. The fraction of sp³-hybridized carbons (Fsp3) is 1.00. The number of nitrogens with zero attached hydrogens (tertiary/aromatic N) is 1. The molecule has 0 aliphatic rings. The minimum absolute atomic E-state index is 0.458. The monoisotopic (exact) mass is 244 g/mol. The Bertz CT molecular complexity index is 160. The Hall–Kier alpha value is 0.580. The molecule has 0 radical (unpaired) electrons. The second kappa shape index (κ2) is 5.07. The van der Waals surface area contributed by atoms with Crippen LogP contribution in [0.15, 0.2) is 0 Å². The van der Waals surface area contributed by atoms with Gasteiger partial charge in [-0.05, 0) is 13.8 Å². The standard InChI is InChI=1S/C5H15NO6P2/c1-5(2)6(3-13(7,8)9)4-14(10,11)12/h5H,3-4H2,1-2H3,(H2,7,8,9)(H2,10,11,12)/p-3. The molecule has 0 rings (SSSR count). The van der Waals surface area contributed by atoms with E-state index >= 15 is 0 Å². The van der Waals surface area contributed by atoms with E-state index in [-0.39, 0.29) is 0 Å². The zero-order chi connectivity index (χ0) is 11.6. The first kappa shape index (κ1) is 14.6. The minimum atomic E-state index is -4.81. The van der Waals surface area contributed by atoms with Gasteiger partial charge in [0.1, 0.15) is 6.29 Å². The van der Waals surface area contributed by atoms with Crippen LogP contribution in [0.5, 0.6) is 0 Å². The van der Waals surface area contributed by atoms with Crippen molar-refractivity contribution in [2.45, 2.75) is 19.9 Å². The maximum atomic E-state index is 10.5. The quantitative estimate of drug-likeness (QED) is 0.485. The maximum Gasteiger partial charge on any atom is 0.132 e. The van der Waals surface area contributed by atoms with Crippen LogP contribution in [-0.2, 0) is 0 Å². The number of hydrogen-bond donors (Lipinski definition) is 1. The maximum absolute atomic E-state index is 10.5. The van der Waals surface area contributed by atoms with E-state index in [2.05, 4.69) is 0 Å². The van der Waals surface area contributed by atoms with Crippen molar-refractivity contribution in [2.24, 2.45) is 0 Å². The molecule has 0 amide bonds. The van der Waals surface area contributed by atoms with Crippen molar-refractivity contribution >= 4 is 15.9 Å². The van der Waals surface area contributed by atoms with Gasteiger partial charge in [-0.25, -0.2) is 4.90 Å². The smallest absolute Gasteiger partial charge is 0.132 e. The van der Waals surface area contributed by atoms with Crippen molar-refractivity contribution < 1.29 is 29.4 Å². The lowest BCUT2D eigenvalue weighted by Crippen LogP contribution is -2.46. The van der Waals surface area contributed by atoms with Crippen molar-refractivity contribution in [3.63, 3.8) is 0 Å². The van der Waals surface area contributed by atoms with Crippen molar-refractivity contribution in [1.29, 1.82) is 0 Å². The van der Waals surface area contributed by atoms with Gasteiger partial charge in [0.15, 0.2) is 0 Å². The molecule has 0 fully saturated rings.